The lowest BCUT2D eigenvalue weighted by Crippen LogP contribution is -2.22. The molecule has 0 saturated carbocycles. The minimum atomic E-state index is -0.314. The van der Waals surface area contributed by atoms with Gasteiger partial charge in [0.15, 0.2) is 0 Å². The highest BCUT2D eigenvalue weighted by Crippen LogP contribution is 2.36. The third-order valence-corrected chi connectivity index (χ3v) is 4.53. The molecule has 0 aromatic heterocycles. The highest BCUT2D eigenvalue weighted by molar-refractivity contribution is 5.32. The summed E-state index contributed by atoms with van der Waals surface area (Å²) in [7, 11) is 0. The fourth-order valence-electron chi connectivity index (χ4n) is 3.23. The van der Waals surface area contributed by atoms with Crippen molar-refractivity contribution in [3.8, 4) is 0 Å². The molecule has 0 saturated heterocycles. The predicted octanol–water partition coefficient (Wildman–Crippen LogP) is 4.09. The Morgan fingerprint density at radius 3 is 2.45 bits per heavy atom. The monoisotopic (exact) mass is 266 g/mol. The van der Waals surface area contributed by atoms with Gasteiger partial charge in [0.05, 0.1) is 6.10 Å². The minimum Gasteiger partial charge on any atom is -0.388 e. The van der Waals surface area contributed by atoms with Gasteiger partial charge in [-0.1, -0.05) is 55.5 Å². The molecule has 1 aliphatic carbocycles. The van der Waals surface area contributed by atoms with Crippen molar-refractivity contribution in [1.82, 2.24) is 0 Å². The van der Waals surface area contributed by atoms with E-state index in [0.717, 1.165) is 31.2 Å². The summed E-state index contributed by atoms with van der Waals surface area (Å²) in [5.41, 5.74) is 5.17. The molecule has 1 aliphatic rings. The highest BCUT2D eigenvalue weighted by Gasteiger charge is 2.27. The molecule has 2 unspecified atom stereocenters. The molecule has 2 aromatic rings. The molecule has 1 heteroatoms. The van der Waals surface area contributed by atoms with Crippen molar-refractivity contribution >= 4 is 0 Å². The predicted molar refractivity (Wildman–Crippen MR) is 82.7 cm³/mol. The van der Waals surface area contributed by atoms with Gasteiger partial charge >= 0.3 is 0 Å². The molecule has 2 atom stereocenters. The van der Waals surface area contributed by atoms with E-state index < -0.39 is 0 Å². The summed E-state index contributed by atoms with van der Waals surface area (Å²) >= 11 is 0. The summed E-state index contributed by atoms with van der Waals surface area (Å²) < 4.78 is 0. The number of aryl methyl sites for hydroxylation is 2. The molecule has 1 N–H and O–H groups in total. The van der Waals surface area contributed by atoms with Gasteiger partial charge < -0.3 is 5.11 Å². The van der Waals surface area contributed by atoms with Crippen molar-refractivity contribution in [1.29, 1.82) is 0 Å². The first-order chi connectivity index (χ1) is 9.78. The Morgan fingerprint density at radius 1 is 1.00 bits per heavy atom. The SMILES string of the molecule is CCc1ccc(CC2CCc3ccccc3C2O)cc1. The lowest BCUT2D eigenvalue weighted by Gasteiger charge is -2.30. The molecule has 20 heavy (non-hydrogen) atoms. The fourth-order valence-corrected chi connectivity index (χ4v) is 3.23. The molecule has 0 aliphatic heterocycles. The van der Waals surface area contributed by atoms with Crippen LogP contribution >= 0.6 is 0 Å². The van der Waals surface area contributed by atoms with Crippen LogP contribution in [0.3, 0.4) is 0 Å². The number of aliphatic hydroxyl groups excluding tert-OH is 1. The van der Waals surface area contributed by atoms with Gasteiger partial charge in [0, 0.05) is 0 Å². The van der Waals surface area contributed by atoms with E-state index in [0.29, 0.717) is 5.92 Å². The average Bonchev–Trinajstić information content (AvgIpc) is 2.51. The van der Waals surface area contributed by atoms with Gasteiger partial charge in [0.2, 0.25) is 0 Å². The molecule has 0 spiro atoms. The Labute approximate surface area is 121 Å². The van der Waals surface area contributed by atoms with Gasteiger partial charge in [0.25, 0.3) is 0 Å². The molecule has 0 radical (unpaired) electrons. The minimum absolute atomic E-state index is 0.314. The number of aliphatic hydroxyl groups is 1. The maximum atomic E-state index is 10.6. The Bertz CT molecular complexity index is 571. The molecular weight excluding hydrogens is 244 g/mol. The van der Waals surface area contributed by atoms with Crippen molar-refractivity contribution < 1.29 is 5.11 Å². The second-order valence-corrected chi connectivity index (χ2v) is 5.82. The zero-order chi connectivity index (χ0) is 13.9. The molecule has 2 aromatic carbocycles. The first-order valence-corrected chi connectivity index (χ1v) is 7.61. The summed E-state index contributed by atoms with van der Waals surface area (Å²) in [6.07, 6.45) is 3.91. The van der Waals surface area contributed by atoms with Crippen LogP contribution in [-0.2, 0) is 19.3 Å². The van der Waals surface area contributed by atoms with Crippen LogP contribution in [0.2, 0.25) is 0 Å². The second-order valence-electron chi connectivity index (χ2n) is 5.82. The number of benzene rings is 2. The van der Waals surface area contributed by atoms with Gasteiger partial charge in [-0.2, -0.15) is 0 Å². The lowest BCUT2D eigenvalue weighted by molar-refractivity contribution is 0.0936. The van der Waals surface area contributed by atoms with Crippen molar-refractivity contribution in [3.05, 3.63) is 70.8 Å². The van der Waals surface area contributed by atoms with Crippen molar-refractivity contribution in [2.24, 2.45) is 5.92 Å². The van der Waals surface area contributed by atoms with Crippen molar-refractivity contribution in [3.63, 3.8) is 0 Å². The van der Waals surface area contributed by atoms with Crippen molar-refractivity contribution in [2.75, 3.05) is 0 Å². The van der Waals surface area contributed by atoms with Crippen LogP contribution in [0.4, 0.5) is 0 Å². The number of fused-ring (bicyclic) bond motifs is 1. The molecule has 0 amide bonds. The maximum absolute atomic E-state index is 10.6. The Hall–Kier alpha value is -1.60. The first-order valence-electron chi connectivity index (χ1n) is 7.61. The molecule has 104 valence electrons. The molecule has 0 fully saturated rings. The van der Waals surface area contributed by atoms with E-state index in [4.69, 9.17) is 0 Å². The number of hydrogen-bond acceptors (Lipinski definition) is 1. The van der Waals surface area contributed by atoms with E-state index in [-0.39, 0.29) is 6.10 Å². The van der Waals surface area contributed by atoms with Gasteiger partial charge in [-0.3, -0.25) is 0 Å². The Kier molecular flexibility index (Phi) is 3.88. The largest absolute Gasteiger partial charge is 0.388 e. The molecule has 0 heterocycles. The topological polar surface area (TPSA) is 20.2 Å². The fraction of sp³-hybridized carbons (Fsp3) is 0.368. The molecular formula is C19H22O. The quantitative estimate of drug-likeness (QED) is 0.887. The molecule has 3 rings (SSSR count). The van der Waals surface area contributed by atoms with Crippen molar-refractivity contribution in [2.45, 2.75) is 38.7 Å². The normalized spacial score (nSPS) is 21.5. The van der Waals surface area contributed by atoms with Crippen LogP contribution in [0, 0.1) is 5.92 Å². The van der Waals surface area contributed by atoms with E-state index in [1.807, 2.05) is 6.07 Å². The first kappa shape index (κ1) is 13.4. The average molecular weight is 266 g/mol. The summed E-state index contributed by atoms with van der Waals surface area (Å²) in [5, 5.41) is 10.6. The van der Waals surface area contributed by atoms with Gasteiger partial charge in [-0.15, -0.1) is 0 Å². The van der Waals surface area contributed by atoms with E-state index in [1.54, 1.807) is 0 Å². The van der Waals surface area contributed by atoms with Crippen LogP contribution in [0.1, 0.15) is 41.7 Å². The van der Waals surface area contributed by atoms with Gasteiger partial charge in [-0.25, -0.2) is 0 Å². The Balaban J connectivity index is 1.75. The summed E-state index contributed by atoms with van der Waals surface area (Å²) in [4.78, 5) is 0. The van der Waals surface area contributed by atoms with Gasteiger partial charge in [-0.05, 0) is 53.9 Å². The highest BCUT2D eigenvalue weighted by atomic mass is 16.3. The van der Waals surface area contributed by atoms with E-state index >= 15 is 0 Å². The van der Waals surface area contributed by atoms with Crippen LogP contribution in [0.5, 0.6) is 0 Å². The number of rotatable bonds is 3. The molecule has 1 nitrogen and oxygen atoms in total. The Morgan fingerprint density at radius 2 is 1.70 bits per heavy atom. The van der Waals surface area contributed by atoms with Crippen LogP contribution in [-0.4, -0.2) is 5.11 Å². The third kappa shape index (κ3) is 2.64. The smallest absolute Gasteiger partial charge is 0.0824 e. The second kappa shape index (κ2) is 5.80. The zero-order valence-electron chi connectivity index (χ0n) is 12.0. The molecule has 0 bridgehead atoms. The van der Waals surface area contributed by atoms with Crippen LogP contribution < -0.4 is 0 Å². The van der Waals surface area contributed by atoms with Gasteiger partial charge in [0.1, 0.15) is 0 Å². The standard InChI is InChI=1S/C19H22O/c1-2-14-7-9-15(10-8-14)13-17-12-11-16-5-3-4-6-18(16)19(17)20/h3-10,17,19-20H,2,11-13H2,1H3. The maximum Gasteiger partial charge on any atom is 0.0824 e. The van der Waals surface area contributed by atoms with E-state index in [1.165, 1.54) is 16.7 Å². The third-order valence-electron chi connectivity index (χ3n) is 4.53. The van der Waals surface area contributed by atoms with Crippen LogP contribution in [0.25, 0.3) is 0 Å². The summed E-state index contributed by atoms with van der Waals surface area (Å²) in [6, 6.07) is 17.2. The van der Waals surface area contributed by atoms with E-state index in [9.17, 15) is 5.11 Å². The van der Waals surface area contributed by atoms with E-state index in [2.05, 4.69) is 49.4 Å². The van der Waals surface area contributed by atoms with Crippen LogP contribution in [0.15, 0.2) is 48.5 Å². The summed E-state index contributed by atoms with van der Waals surface area (Å²) in [5.74, 6) is 0.345. The zero-order valence-corrected chi connectivity index (χ0v) is 12.0. The number of hydrogen-bond donors (Lipinski definition) is 1. The summed E-state index contributed by atoms with van der Waals surface area (Å²) in [6.45, 7) is 2.18. The lowest BCUT2D eigenvalue weighted by atomic mass is 9.78.